The molecule has 72 valence electrons. The smallest absolute Gasteiger partial charge is 0.156 e. The number of rotatable bonds is 1. The van der Waals surface area contributed by atoms with Gasteiger partial charge in [-0.2, -0.15) is 0 Å². The van der Waals surface area contributed by atoms with Crippen LogP contribution in [0, 0.1) is 6.92 Å². The van der Waals surface area contributed by atoms with Crippen LogP contribution in [0.15, 0.2) is 35.1 Å². The number of aromatic nitrogens is 2. The van der Waals surface area contributed by atoms with Crippen LogP contribution in [0.5, 0.6) is 0 Å². The summed E-state index contributed by atoms with van der Waals surface area (Å²) in [5, 5.41) is 0.646. The van der Waals surface area contributed by atoms with E-state index in [-0.39, 0.29) is 0 Å². The molecule has 0 fully saturated rings. The van der Waals surface area contributed by atoms with E-state index in [0.29, 0.717) is 5.02 Å². The summed E-state index contributed by atoms with van der Waals surface area (Å²) >= 11 is 9.51. The first-order valence-electron chi connectivity index (χ1n) is 4.15. The van der Waals surface area contributed by atoms with Crippen LogP contribution in [0.2, 0.25) is 5.02 Å². The van der Waals surface area contributed by atoms with E-state index in [1.807, 2.05) is 35.8 Å². The van der Waals surface area contributed by atoms with E-state index in [2.05, 4.69) is 20.9 Å². The fourth-order valence-corrected chi connectivity index (χ4v) is 2.10. The van der Waals surface area contributed by atoms with Crippen LogP contribution in [0.3, 0.4) is 0 Å². The van der Waals surface area contributed by atoms with Gasteiger partial charge >= 0.3 is 0 Å². The Kier molecular flexibility index (Phi) is 2.61. The van der Waals surface area contributed by atoms with Crippen LogP contribution < -0.4 is 0 Å². The van der Waals surface area contributed by atoms with E-state index < -0.39 is 0 Å². The van der Waals surface area contributed by atoms with Gasteiger partial charge in [0.1, 0.15) is 0 Å². The summed E-state index contributed by atoms with van der Waals surface area (Å²) in [5.41, 5.74) is 1.09. The summed E-state index contributed by atoms with van der Waals surface area (Å²) in [6, 6.07) is 7.63. The van der Waals surface area contributed by atoms with Crippen molar-refractivity contribution in [2.24, 2.45) is 0 Å². The van der Waals surface area contributed by atoms with E-state index in [4.69, 9.17) is 11.6 Å². The minimum atomic E-state index is 0.646. The van der Waals surface area contributed by atoms with Crippen LogP contribution >= 0.6 is 27.5 Å². The largest absolute Gasteiger partial charge is 0.291 e. The lowest BCUT2D eigenvalue weighted by molar-refractivity contribution is 0.941. The molecular formula is C10H8BrClN2. The third kappa shape index (κ3) is 1.57. The molecule has 0 aliphatic heterocycles. The second-order valence-electron chi connectivity index (χ2n) is 2.94. The second kappa shape index (κ2) is 3.75. The lowest BCUT2D eigenvalue weighted by atomic mass is 10.4. The van der Waals surface area contributed by atoms with Crippen LogP contribution in [0.1, 0.15) is 5.69 Å². The van der Waals surface area contributed by atoms with E-state index in [1.165, 1.54) is 0 Å². The first kappa shape index (κ1) is 9.74. The second-order valence-corrected chi connectivity index (χ2v) is 4.16. The van der Waals surface area contributed by atoms with Gasteiger partial charge in [-0.15, -0.1) is 0 Å². The maximum Gasteiger partial charge on any atom is 0.156 e. The Labute approximate surface area is 95.7 Å². The van der Waals surface area contributed by atoms with Crippen LogP contribution in [0.4, 0.5) is 0 Å². The summed E-state index contributed by atoms with van der Waals surface area (Å²) in [4.78, 5) is 4.24. The highest BCUT2D eigenvalue weighted by Crippen LogP contribution is 2.24. The molecule has 2 aromatic heterocycles. The molecule has 0 radical (unpaired) electrons. The van der Waals surface area contributed by atoms with Crippen molar-refractivity contribution in [1.29, 1.82) is 0 Å². The Morgan fingerprint density at radius 1 is 1.36 bits per heavy atom. The van der Waals surface area contributed by atoms with Crippen LogP contribution in [-0.2, 0) is 0 Å². The first-order valence-corrected chi connectivity index (χ1v) is 5.32. The fourth-order valence-electron chi connectivity index (χ4n) is 1.32. The summed E-state index contributed by atoms with van der Waals surface area (Å²) in [6.45, 7) is 2.01. The fraction of sp³-hybridized carbons (Fsp3) is 0.100. The predicted molar refractivity (Wildman–Crippen MR) is 61.0 cm³/mol. The Balaban J connectivity index is 2.66. The molecule has 0 N–H and O–H groups in total. The molecular weight excluding hydrogens is 263 g/mol. The highest BCUT2D eigenvalue weighted by atomic mass is 79.9. The van der Waals surface area contributed by atoms with Crippen molar-refractivity contribution in [3.8, 4) is 5.82 Å². The maximum atomic E-state index is 6.06. The molecule has 0 atom stereocenters. The number of pyridine rings is 1. The predicted octanol–water partition coefficient (Wildman–Crippen LogP) is 3.60. The quantitative estimate of drug-likeness (QED) is 0.775. The van der Waals surface area contributed by atoms with Gasteiger partial charge in [0.2, 0.25) is 0 Å². The Morgan fingerprint density at radius 2 is 2.14 bits per heavy atom. The van der Waals surface area contributed by atoms with Crippen LogP contribution in [0.25, 0.3) is 5.82 Å². The molecule has 2 rings (SSSR count). The van der Waals surface area contributed by atoms with E-state index >= 15 is 0 Å². The average molecular weight is 272 g/mol. The highest BCUT2D eigenvalue weighted by Gasteiger charge is 2.08. The standard InChI is InChI=1S/C10H8BrClN2/c1-7-4-5-9(11)14(7)10-8(12)3-2-6-13-10/h2-6H,1H3. The third-order valence-corrected chi connectivity index (χ3v) is 2.89. The Morgan fingerprint density at radius 3 is 2.71 bits per heavy atom. The molecule has 0 aliphatic rings. The average Bonchev–Trinajstić information content (AvgIpc) is 2.48. The van der Waals surface area contributed by atoms with Crippen LogP contribution in [-0.4, -0.2) is 9.55 Å². The molecule has 14 heavy (non-hydrogen) atoms. The van der Waals surface area contributed by atoms with Crippen molar-refractivity contribution >= 4 is 27.5 Å². The molecule has 0 saturated carbocycles. The van der Waals surface area contributed by atoms with Crippen molar-refractivity contribution in [2.45, 2.75) is 6.92 Å². The molecule has 0 saturated heterocycles. The van der Waals surface area contributed by atoms with Crippen molar-refractivity contribution in [3.63, 3.8) is 0 Å². The van der Waals surface area contributed by atoms with E-state index in [0.717, 1.165) is 16.1 Å². The Hall–Kier alpha value is -0.800. The Bertz CT molecular complexity index is 445. The minimum Gasteiger partial charge on any atom is -0.291 e. The van der Waals surface area contributed by atoms with Crippen molar-refractivity contribution in [3.05, 3.63) is 45.8 Å². The topological polar surface area (TPSA) is 17.8 Å². The molecule has 2 nitrogen and oxygen atoms in total. The first-order chi connectivity index (χ1) is 6.70. The number of halogens is 2. The third-order valence-electron chi connectivity index (χ3n) is 1.98. The molecule has 4 heteroatoms. The summed E-state index contributed by atoms with van der Waals surface area (Å²) in [7, 11) is 0. The number of hydrogen-bond acceptors (Lipinski definition) is 1. The van der Waals surface area contributed by atoms with Gasteiger partial charge in [-0.3, -0.25) is 4.57 Å². The molecule has 0 aromatic carbocycles. The molecule has 0 unspecified atom stereocenters. The minimum absolute atomic E-state index is 0.646. The molecule has 2 heterocycles. The van der Waals surface area contributed by atoms with Gasteiger partial charge in [-0.1, -0.05) is 11.6 Å². The van der Waals surface area contributed by atoms with Gasteiger partial charge in [0.25, 0.3) is 0 Å². The molecule has 0 bridgehead atoms. The normalized spacial score (nSPS) is 10.5. The monoisotopic (exact) mass is 270 g/mol. The van der Waals surface area contributed by atoms with Gasteiger partial charge in [-0.25, -0.2) is 4.98 Å². The van der Waals surface area contributed by atoms with Gasteiger partial charge in [0.15, 0.2) is 5.82 Å². The zero-order valence-electron chi connectivity index (χ0n) is 7.54. The molecule has 2 aromatic rings. The molecule has 0 amide bonds. The van der Waals surface area contributed by atoms with Gasteiger partial charge in [0.05, 0.1) is 9.63 Å². The summed E-state index contributed by atoms with van der Waals surface area (Å²) < 4.78 is 2.91. The van der Waals surface area contributed by atoms with Gasteiger partial charge in [-0.05, 0) is 47.1 Å². The van der Waals surface area contributed by atoms with Gasteiger partial charge in [0, 0.05) is 11.9 Å². The summed E-state index contributed by atoms with van der Waals surface area (Å²) in [5.74, 6) is 0.753. The SMILES string of the molecule is Cc1ccc(Br)n1-c1ncccc1Cl. The van der Waals surface area contributed by atoms with Gasteiger partial charge < -0.3 is 0 Å². The van der Waals surface area contributed by atoms with Crippen molar-refractivity contribution in [1.82, 2.24) is 9.55 Å². The van der Waals surface area contributed by atoms with E-state index in [1.54, 1.807) is 6.20 Å². The van der Waals surface area contributed by atoms with Crippen molar-refractivity contribution in [2.75, 3.05) is 0 Å². The van der Waals surface area contributed by atoms with E-state index in [9.17, 15) is 0 Å². The lowest BCUT2D eigenvalue weighted by Gasteiger charge is -2.08. The highest BCUT2D eigenvalue weighted by molar-refractivity contribution is 9.10. The maximum absolute atomic E-state index is 6.06. The molecule has 0 aliphatic carbocycles. The summed E-state index contributed by atoms with van der Waals surface area (Å²) in [6.07, 6.45) is 1.73. The molecule has 0 spiro atoms. The number of aryl methyl sites for hydroxylation is 1. The number of hydrogen-bond donors (Lipinski definition) is 0. The zero-order valence-corrected chi connectivity index (χ0v) is 9.88. The lowest BCUT2D eigenvalue weighted by Crippen LogP contribution is -1.99. The zero-order chi connectivity index (χ0) is 10.1. The number of nitrogens with zero attached hydrogens (tertiary/aromatic N) is 2. The van der Waals surface area contributed by atoms with Crippen molar-refractivity contribution < 1.29 is 0 Å².